The molecule has 2 N–H and O–H groups in total. The van der Waals surface area contributed by atoms with Crippen LogP contribution < -0.4 is 10.6 Å². The number of aliphatic imine (C=N–C) groups is 1. The molecule has 0 atom stereocenters. The van der Waals surface area contributed by atoms with Crippen molar-refractivity contribution < 1.29 is 0 Å². The van der Waals surface area contributed by atoms with Crippen LogP contribution in [0.5, 0.6) is 0 Å². The molecule has 0 aromatic carbocycles. The molecular weight excluding hydrogens is 270 g/mol. The van der Waals surface area contributed by atoms with Gasteiger partial charge in [0.05, 0.1) is 5.01 Å². The number of hydrogen-bond acceptors (Lipinski definition) is 3. The minimum Gasteiger partial charge on any atom is -0.356 e. The van der Waals surface area contributed by atoms with Crippen molar-refractivity contribution in [3.8, 4) is 0 Å². The molecule has 0 aliphatic rings. The van der Waals surface area contributed by atoms with Gasteiger partial charge in [-0.25, -0.2) is 4.98 Å². The zero-order valence-corrected chi connectivity index (χ0v) is 12.8. The van der Waals surface area contributed by atoms with Gasteiger partial charge in [-0.1, -0.05) is 0 Å². The van der Waals surface area contributed by atoms with Gasteiger partial charge in [0.15, 0.2) is 5.96 Å². The summed E-state index contributed by atoms with van der Waals surface area (Å²) < 4.78 is 2.14. The highest BCUT2D eigenvalue weighted by Gasteiger charge is 2.00. The average Bonchev–Trinajstić information content (AvgIpc) is 3.09. The Kier molecular flexibility index (Phi) is 5.61. The molecule has 0 aliphatic carbocycles. The Bertz CT molecular complexity index is 530. The number of rotatable bonds is 6. The minimum atomic E-state index is 0.838. The van der Waals surface area contributed by atoms with E-state index in [0.29, 0.717) is 0 Å². The summed E-state index contributed by atoms with van der Waals surface area (Å²) in [6.07, 6.45) is 6.96. The van der Waals surface area contributed by atoms with E-state index >= 15 is 0 Å². The maximum atomic E-state index is 4.35. The maximum Gasteiger partial charge on any atom is 0.191 e. The highest BCUT2D eigenvalue weighted by molar-refractivity contribution is 7.11. The molecule has 20 heavy (non-hydrogen) atoms. The van der Waals surface area contributed by atoms with Crippen molar-refractivity contribution in [1.82, 2.24) is 20.2 Å². The maximum absolute atomic E-state index is 4.35. The average molecular weight is 291 g/mol. The van der Waals surface area contributed by atoms with Gasteiger partial charge >= 0.3 is 0 Å². The second kappa shape index (κ2) is 7.69. The Morgan fingerprint density at radius 1 is 1.30 bits per heavy atom. The topological polar surface area (TPSA) is 54.2 Å². The lowest BCUT2D eigenvalue weighted by molar-refractivity contribution is 0.665. The van der Waals surface area contributed by atoms with Crippen LogP contribution in [0.15, 0.2) is 35.7 Å². The lowest BCUT2D eigenvalue weighted by Crippen LogP contribution is -2.39. The molecule has 2 aromatic heterocycles. The molecule has 0 fully saturated rings. The summed E-state index contributed by atoms with van der Waals surface area (Å²) in [6.45, 7) is 4.70. The van der Waals surface area contributed by atoms with E-state index in [9.17, 15) is 0 Å². The van der Waals surface area contributed by atoms with E-state index < -0.39 is 0 Å². The van der Waals surface area contributed by atoms with Crippen molar-refractivity contribution >= 4 is 17.3 Å². The Morgan fingerprint density at radius 3 is 2.70 bits per heavy atom. The van der Waals surface area contributed by atoms with Crippen molar-refractivity contribution in [2.24, 2.45) is 4.99 Å². The van der Waals surface area contributed by atoms with Crippen LogP contribution in [-0.4, -0.2) is 35.6 Å². The second-order valence-corrected chi connectivity index (χ2v) is 5.78. The Hall–Kier alpha value is -1.82. The van der Waals surface area contributed by atoms with Crippen LogP contribution in [0.3, 0.4) is 0 Å². The number of aryl methyl sites for hydroxylation is 1. The molecule has 0 unspecified atom stereocenters. The lowest BCUT2D eigenvalue weighted by Gasteiger charge is -2.11. The van der Waals surface area contributed by atoms with Crippen LogP contribution in [0.2, 0.25) is 0 Å². The lowest BCUT2D eigenvalue weighted by atomic mass is 10.4. The van der Waals surface area contributed by atoms with Crippen molar-refractivity contribution in [2.75, 3.05) is 20.1 Å². The van der Waals surface area contributed by atoms with Gasteiger partial charge in [0.25, 0.3) is 0 Å². The molecule has 0 radical (unpaired) electrons. The van der Waals surface area contributed by atoms with Crippen molar-refractivity contribution in [1.29, 1.82) is 0 Å². The van der Waals surface area contributed by atoms with Gasteiger partial charge in [0.1, 0.15) is 0 Å². The number of nitrogens with one attached hydrogen (secondary N) is 2. The molecular formula is C14H21N5S. The summed E-state index contributed by atoms with van der Waals surface area (Å²) in [6, 6.07) is 4.06. The molecule has 5 nitrogen and oxygen atoms in total. The van der Waals surface area contributed by atoms with E-state index in [1.165, 1.54) is 4.88 Å². The molecule has 0 saturated carbocycles. The molecule has 6 heteroatoms. The van der Waals surface area contributed by atoms with Crippen molar-refractivity contribution in [3.63, 3.8) is 0 Å². The third-order valence-corrected chi connectivity index (χ3v) is 3.83. The smallest absolute Gasteiger partial charge is 0.191 e. The van der Waals surface area contributed by atoms with E-state index in [1.807, 2.05) is 18.3 Å². The summed E-state index contributed by atoms with van der Waals surface area (Å²) >= 11 is 1.75. The van der Waals surface area contributed by atoms with Gasteiger partial charge in [-0.15, -0.1) is 11.3 Å². The molecule has 108 valence electrons. The second-order valence-electron chi connectivity index (χ2n) is 4.46. The molecule has 0 bridgehead atoms. The Labute approximate surface area is 123 Å². The quantitative estimate of drug-likeness (QED) is 0.629. The Balaban J connectivity index is 1.65. The first-order valence-electron chi connectivity index (χ1n) is 6.74. The van der Waals surface area contributed by atoms with Gasteiger partial charge in [-0.2, -0.15) is 0 Å². The third kappa shape index (κ3) is 4.70. The van der Waals surface area contributed by atoms with Crippen LogP contribution in [0, 0.1) is 6.92 Å². The van der Waals surface area contributed by atoms with Crippen LogP contribution in [0.25, 0.3) is 0 Å². The molecule has 0 amide bonds. The van der Waals surface area contributed by atoms with Crippen molar-refractivity contribution in [2.45, 2.75) is 19.9 Å². The minimum absolute atomic E-state index is 0.838. The SMILES string of the molecule is CN=C(NCCc1ncc(C)s1)NCCn1cccc1. The standard InChI is InChI=1S/C14H21N5S/c1-12-11-18-13(20-12)5-6-16-14(15-2)17-7-10-19-8-3-4-9-19/h3-4,8-9,11H,5-7,10H2,1-2H3,(H2,15,16,17). The van der Waals surface area contributed by atoms with Gasteiger partial charge in [-0.05, 0) is 19.1 Å². The molecule has 2 rings (SSSR count). The van der Waals surface area contributed by atoms with E-state index in [-0.39, 0.29) is 0 Å². The van der Waals surface area contributed by atoms with Crippen molar-refractivity contribution in [3.05, 3.63) is 40.6 Å². The third-order valence-electron chi connectivity index (χ3n) is 2.85. The molecule has 2 heterocycles. The van der Waals surface area contributed by atoms with Gasteiger partial charge in [0.2, 0.25) is 0 Å². The first-order valence-corrected chi connectivity index (χ1v) is 7.56. The Morgan fingerprint density at radius 2 is 2.05 bits per heavy atom. The first-order chi connectivity index (χ1) is 9.78. The zero-order chi connectivity index (χ0) is 14.2. The zero-order valence-electron chi connectivity index (χ0n) is 12.0. The summed E-state index contributed by atoms with van der Waals surface area (Å²) in [5.74, 6) is 0.838. The molecule has 2 aromatic rings. The van der Waals surface area contributed by atoms with Crippen LogP contribution in [0.4, 0.5) is 0 Å². The summed E-state index contributed by atoms with van der Waals surface area (Å²) in [4.78, 5) is 9.82. The highest BCUT2D eigenvalue weighted by Crippen LogP contribution is 2.10. The number of thiazole rings is 1. The summed E-state index contributed by atoms with van der Waals surface area (Å²) in [5, 5.41) is 7.77. The number of hydrogen-bond donors (Lipinski definition) is 2. The highest BCUT2D eigenvalue weighted by atomic mass is 32.1. The number of aromatic nitrogens is 2. The summed E-state index contributed by atoms with van der Waals surface area (Å²) in [7, 11) is 1.79. The van der Waals surface area contributed by atoms with Crippen LogP contribution in [0.1, 0.15) is 9.88 Å². The number of nitrogens with zero attached hydrogens (tertiary/aromatic N) is 3. The first kappa shape index (κ1) is 14.6. The normalized spacial score (nSPS) is 11.6. The van der Waals surface area contributed by atoms with E-state index in [4.69, 9.17) is 0 Å². The number of guanidine groups is 1. The monoisotopic (exact) mass is 291 g/mol. The largest absolute Gasteiger partial charge is 0.356 e. The fraction of sp³-hybridized carbons (Fsp3) is 0.429. The van der Waals surface area contributed by atoms with Gasteiger partial charge in [0, 0.05) is 56.6 Å². The van der Waals surface area contributed by atoms with Gasteiger partial charge in [-0.3, -0.25) is 4.99 Å². The fourth-order valence-corrected chi connectivity index (χ4v) is 2.63. The van der Waals surface area contributed by atoms with Gasteiger partial charge < -0.3 is 15.2 Å². The van der Waals surface area contributed by atoms with Crippen LogP contribution in [-0.2, 0) is 13.0 Å². The molecule has 0 saturated heterocycles. The van der Waals surface area contributed by atoms with E-state index in [2.05, 4.69) is 44.5 Å². The fourth-order valence-electron chi connectivity index (χ4n) is 1.85. The molecule has 0 spiro atoms. The molecule has 0 aliphatic heterocycles. The summed E-state index contributed by atoms with van der Waals surface area (Å²) in [5.41, 5.74) is 0. The van der Waals surface area contributed by atoms with Crippen LogP contribution >= 0.6 is 11.3 Å². The predicted octanol–water partition coefficient (Wildman–Crippen LogP) is 1.66. The van der Waals surface area contributed by atoms with E-state index in [1.54, 1.807) is 18.4 Å². The van der Waals surface area contributed by atoms with E-state index in [0.717, 1.165) is 37.0 Å². The predicted molar refractivity (Wildman–Crippen MR) is 84.4 cm³/mol.